The smallest absolute Gasteiger partial charge is 0.363 e. The SMILES string of the molecule is C=CCOc1cccc(/C=C2/N=C(c3ccc4c(c3)OCO4)OC2=O)c1. The standard InChI is InChI=1S/C20H15NO5/c1-2-8-23-15-5-3-4-13(9-15)10-16-20(22)26-19(21-16)14-6-7-17-18(11-14)25-12-24-17/h2-7,9-11H,1,8,12H2/b16-10+. The first-order chi connectivity index (χ1) is 12.7. The third-order valence-corrected chi connectivity index (χ3v) is 3.77. The third-order valence-electron chi connectivity index (χ3n) is 3.77. The Morgan fingerprint density at radius 1 is 1.15 bits per heavy atom. The minimum absolute atomic E-state index is 0.181. The van der Waals surface area contributed by atoms with Gasteiger partial charge < -0.3 is 18.9 Å². The monoisotopic (exact) mass is 349 g/mol. The molecule has 0 N–H and O–H groups in total. The van der Waals surface area contributed by atoms with Gasteiger partial charge in [0.15, 0.2) is 17.2 Å². The molecule has 2 aliphatic heterocycles. The molecule has 0 fully saturated rings. The van der Waals surface area contributed by atoms with Crippen molar-refractivity contribution >= 4 is 17.9 Å². The second kappa shape index (κ2) is 6.76. The van der Waals surface area contributed by atoms with E-state index in [0.29, 0.717) is 29.4 Å². The average Bonchev–Trinajstić information content (AvgIpc) is 3.26. The fourth-order valence-corrected chi connectivity index (χ4v) is 2.57. The summed E-state index contributed by atoms with van der Waals surface area (Å²) in [5.41, 5.74) is 1.65. The highest BCUT2D eigenvalue weighted by atomic mass is 16.7. The molecule has 130 valence electrons. The first kappa shape index (κ1) is 16.0. The number of carbonyl (C=O) groups is 1. The van der Waals surface area contributed by atoms with E-state index in [0.717, 1.165) is 5.56 Å². The van der Waals surface area contributed by atoms with Gasteiger partial charge in [0, 0.05) is 5.56 Å². The molecule has 2 aliphatic rings. The number of nitrogens with zero attached hydrogens (tertiary/aromatic N) is 1. The molecule has 0 spiro atoms. The Labute approximate surface area is 150 Å². The number of ether oxygens (including phenoxy) is 4. The maximum absolute atomic E-state index is 12.1. The van der Waals surface area contributed by atoms with Crippen molar-refractivity contribution in [3.05, 3.63) is 71.9 Å². The summed E-state index contributed by atoms with van der Waals surface area (Å²) in [4.78, 5) is 16.5. The molecule has 0 unspecified atom stereocenters. The normalized spacial score (nSPS) is 16.4. The molecular weight excluding hydrogens is 334 g/mol. The lowest BCUT2D eigenvalue weighted by atomic mass is 10.2. The van der Waals surface area contributed by atoms with E-state index >= 15 is 0 Å². The molecule has 0 bridgehead atoms. The molecule has 0 aliphatic carbocycles. The van der Waals surface area contributed by atoms with E-state index in [9.17, 15) is 4.79 Å². The van der Waals surface area contributed by atoms with Crippen molar-refractivity contribution in [3.8, 4) is 17.2 Å². The second-order valence-corrected chi connectivity index (χ2v) is 5.58. The van der Waals surface area contributed by atoms with Crippen LogP contribution in [-0.2, 0) is 9.53 Å². The van der Waals surface area contributed by atoms with Gasteiger partial charge in [0.25, 0.3) is 0 Å². The van der Waals surface area contributed by atoms with Gasteiger partial charge in [0.2, 0.25) is 12.7 Å². The first-order valence-electron chi connectivity index (χ1n) is 7.99. The second-order valence-electron chi connectivity index (χ2n) is 5.58. The maximum Gasteiger partial charge on any atom is 0.363 e. The predicted molar refractivity (Wildman–Crippen MR) is 95.3 cm³/mol. The average molecular weight is 349 g/mol. The maximum atomic E-state index is 12.1. The molecule has 6 heteroatoms. The van der Waals surface area contributed by atoms with Crippen LogP contribution in [0.15, 0.2) is 65.8 Å². The van der Waals surface area contributed by atoms with Crippen molar-refractivity contribution < 1.29 is 23.7 Å². The molecule has 2 heterocycles. The Bertz CT molecular complexity index is 945. The zero-order chi connectivity index (χ0) is 17.9. The van der Waals surface area contributed by atoms with Crippen LogP contribution in [0.4, 0.5) is 0 Å². The molecule has 0 radical (unpaired) electrons. The van der Waals surface area contributed by atoms with Crippen molar-refractivity contribution in [2.45, 2.75) is 0 Å². The molecule has 6 nitrogen and oxygen atoms in total. The van der Waals surface area contributed by atoms with Crippen LogP contribution in [0.1, 0.15) is 11.1 Å². The summed E-state index contributed by atoms with van der Waals surface area (Å²) in [6, 6.07) is 12.6. The number of aliphatic imine (C=N–C) groups is 1. The molecule has 4 rings (SSSR count). The number of carbonyl (C=O) groups excluding carboxylic acids is 1. The minimum Gasteiger partial charge on any atom is -0.490 e. The molecule has 2 aromatic rings. The predicted octanol–water partition coefficient (Wildman–Crippen LogP) is 3.32. The lowest BCUT2D eigenvalue weighted by Crippen LogP contribution is -2.05. The molecule has 0 atom stereocenters. The first-order valence-corrected chi connectivity index (χ1v) is 7.99. The number of hydrogen-bond acceptors (Lipinski definition) is 6. The van der Waals surface area contributed by atoms with Crippen LogP contribution in [-0.4, -0.2) is 25.3 Å². The van der Waals surface area contributed by atoms with Crippen molar-refractivity contribution in [2.24, 2.45) is 4.99 Å². The van der Waals surface area contributed by atoms with Gasteiger partial charge in [-0.25, -0.2) is 9.79 Å². The van der Waals surface area contributed by atoms with E-state index in [1.807, 2.05) is 24.3 Å². The van der Waals surface area contributed by atoms with E-state index in [2.05, 4.69) is 11.6 Å². The fourth-order valence-electron chi connectivity index (χ4n) is 2.57. The summed E-state index contributed by atoms with van der Waals surface area (Å²) in [5.74, 6) is 1.68. The van der Waals surface area contributed by atoms with Gasteiger partial charge in [-0.3, -0.25) is 0 Å². The highest BCUT2D eigenvalue weighted by Gasteiger charge is 2.25. The van der Waals surface area contributed by atoms with Crippen molar-refractivity contribution in [3.63, 3.8) is 0 Å². The Hall–Kier alpha value is -3.54. The molecule has 0 saturated heterocycles. The Balaban J connectivity index is 1.60. The van der Waals surface area contributed by atoms with Crippen LogP contribution < -0.4 is 14.2 Å². The summed E-state index contributed by atoms with van der Waals surface area (Å²) in [6.45, 7) is 4.21. The largest absolute Gasteiger partial charge is 0.490 e. The van der Waals surface area contributed by atoms with Crippen molar-refractivity contribution in [1.82, 2.24) is 0 Å². The van der Waals surface area contributed by atoms with Gasteiger partial charge >= 0.3 is 5.97 Å². The number of cyclic esters (lactones) is 1. The minimum atomic E-state index is -0.505. The van der Waals surface area contributed by atoms with Crippen LogP contribution in [0.3, 0.4) is 0 Å². The summed E-state index contributed by atoms with van der Waals surface area (Å²) in [6.07, 6.45) is 3.32. The van der Waals surface area contributed by atoms with Crippen LogP contribution in [0.5, 0.6) is 17.2 Å². The summed E-state index contributed by atoms with van der Waals surface area (Å²) in [5, 5.41) is 0. The highest BCUT2D eigenvalue weighted by molar-refractivity contribution is 6.13. The van der Waals surface area contributed by atoms with E-state index in [1.165, 1.54) is 0 Å². The van der Waals surface area contributed by atoms with Gasteiger partial charge in [-0.2, -0.15) is 0 Å². The number of esters is 1. The highest BCUT2D eigenvalue weighted by Crippen LogP contribution is 2.33. The van der Waals surface area contributed by atoms with Crippen LogP contribution in [0.25, 0.3) is 6.08 Å². The molecule has 0 aromatic heterocycles. The Kier molecular flexibility index (Phi) is 4.15. The Morgan fingerprint density at radius 2 is 2.04 bits per heavy atom. The zero-order valence-corrected chi connectivity index (χ0v) is 13.8. The van der Waals surface area contributed by atoms with E-state index in [4.69, 9.17) is 18.9 Å². The molecule has 0 saturated carbocycles. The summed E-state index contributed by atoms with van der Waals surface area (Å²) in [7, 11) is 0. The lowest BCUT2D eigenvalue weighted by molar-refractivity contribution is -0.129. The quantitative estimate of drug-likeness (QED) is 0.471. The van der Waals surface area contributed by atoms with Crippen molar-refractivity contribution in [1.29, 1.82) is 0 Å². The molecular formula is C20H15NO5. The van der Waals surface area contributed by atoms with Gasteiger partial charge in [0.05, 0.1) is 0 Å². The van der Waals surface area contributed by atoms with Crippen LogP contribution in [0, 0.1) is 0 Å². The fraction of sp³-hybridized carbons (Fsp3) is 0.100. The van der Waals surface area contributed by atoms with E-state index < -0.39 is 5.97 Å². The topological polar surface area (TPSA) is 66.3 Å². The Morgan fingerprint density at radius 3 is 2.92 bits per heavy atom. The number of hydrogen-bond donors (Lipinski definition) is 0. The van der Waals surface area contributed by atoms with Gasteiger partial charge in [-0.05, 0) is 42.0 Å². The lowest BCUT2D eigenvalue weighted by Gasteiger charge is -2.03. The van der Waals surface area contributed by atoms with Gasteiger partial charge in [0.1, 0.15) is 12.4 Å². The van der Waals surface area contributed by atoms with Crippen molar-refractivity contribution in [2.75, 3.05) is 13.4 Å². The van der Waals surface area contributed by atoms with Crippen LogP contribution in [0.2, 0.25) is 0 Å². The number of rotatable bonds is 5. The van der Waals surface area contributed by atoms with E-state index in [-0.39, 0.29) is 18.4 Å². The molecule has 26 heavy (non-hydrogen) atoms. The molecule has 2 aromatic carbocycles. The van der Waals surface area contributed by atoms with Gasteiger partial charge in [-0.1, -0.05) is 24.8 Å². The van der Waals surface area contributed by atoms with E-state index in [1.54, 1.807) is 30.4 Å². The van der Waals surface area contributed by atoms with Crippen LogP contribution >= 0.6 is 0 Å². The zero-order valence-electron chi connectivity index (χ0n) is 13.8. The third kappa shape index (κ3) is 3.17. The number of benzene rings is 2. The number of fused-ring (bicyclic) bond motifs is 1. The van der Waals surface area contributed by atoms with Gasteiger partial charge in [-0.15, -0.1) is 0 Å². The summed E-state index contributed by atoms with van der Waals surface area (Å²) < 4.78 is 21.4. The molecule has 0 amide bonds. The summed E-state index contributed by atoms with van der Waals surface area (Å²) >= 11 is 0.